The minimum atomic E-state index is 0.0669. The number of aryl methyl sites for hydroxylation is 1. The van der Waals surface area contributed by atoms with Crippen LogP contribution >= 0.6 is 0 Å². The lowest BCUT2D eigenvalue weighted by Gasteiger charge is -2.15. The summed E-state index contributed by atoms with van der Waals surface area (Å²) in [5, 5.41) is 0. The van der Waals surface area contributed by atoms with E-state index in [9.17, 15) is 4.79 Å². The lowest BCUT2D eigenvalue weighted by atomic mass is 9.99. The van der Waals surface area contributed by atoms with E-state index in [1.165, 1.54) is 0 Å². The van der Waals surface area contributed by atoms with Gasteiger partial charge in [0, 0.05) is 12.8 Å². The van der Waals surface area contributed by atoms with Crippen LogP contribution in [0.1, 0.15) is 24.0 Å². The second-order valence-electron chi connectivity index (χ2n) is 4.47. The predicted octanol–water partition coefficient (Wildman–Crippen LogP) is 2.73. The van der Waals surface area contributed by atoms with Gasteiger partial charge in [0.2, 0.25) is 0 Å². The standard InChI is InChI=1S/C15H18O4/c1-9-7-12(18-3)15(13(8-9)19-4)14-10(16)5-6-11(14)17-2/h7-8H,5-6H2,1-4H3. The number of carbonyl (C=O) groups is 1. The fourth-order valence-corrected chi connectivity index (χ4v) is 2.40. The van der Waals surface area contributed by atoms with E-state index < -0.39 is 0 Å². The van der Waals surface area contributed by atoms with E-state index in [4.69, 9.17) is 14.2 Å². The maximum Gasteiger partial charge on any atom is 0.167 e. The monoisotopic (exact) mass is 262 g/mol. The van der Waals surface area contributed by atoms with Crippen LogP contribution in [-0.2, 0) is 9.53 Å². The maximum absolute atomic E-state index is 12.1. The number of hydrogen-bond donors (Lipinski definition) is 0. The van der Waals surface area contributed by atoms with Gasteiger partial charge in [-0.25, -0.2) is 0 Å². The number of hydrogen-bond acceptors (Lipinski definition) is 4. The average molecular weight is 262 g/mol. The summed E-state index contributed by atoms with van der Waals surface area (Å²) in [6, 6.07) is 3.79. The molecule has 0 fully saturated rings. The second kappa shape index (κ2) is 5.34. The van der Waals surface area contributed by atoms with Gasteiger partial charge in [0.15, 0.2) is 5.78 Å². The Morgan fingerprint density at radius 3 is 2.00 bits per heavy atom. The van der Waals surface area contributed by atoms with E-state index in [0.29, 0.717) is 41.2 Å². The largest absolute Gasteiger partial charge is 0.500 e. The van der Waals surface area contributed by atoms with Crippen molar-refractivity contribution in [1.29, 1.82) is 0 Å². The van der Waals surface area contributed by atoms with Crippen LogP contribution in [0.15, 0.2) is 17.9 Å². The molecule has 0 N–H and O–H groups in total. The van der Waals surface area contributed by atoms with Crippen molar-refractivity contribution in [1.82, 2.24) is 0 Å². The van der Waals surface area contributed by atoms with Crippen LogP contribution in [0.25, 0.3) is 5.57 Å². The van der Waals surface area contributed by atoms with Crippen LogP contribution in [0.5, 0.6) is 11.5 Å². The first kappa shape index (κ1) is 13.5. The second-order valence-corrected chi connectivity index (χ2v) is 4.47. The Labute approximate surface area is 113 Å². The smallest absolute Gasteiger partial charge is 0.167 e. The van der Waals surface area contributed by atoms with Gasteiger partial charge in [-0.2, -0.15) is 0 Å². The molecule has 0 heterocycles. The van der Waals surface area contributed by atoms with Crippen molar-refractivity contribution in [2.75, 3.05) is 21.3 Å². The molecule has 4 nitrogen and oxygen atoms in total. The highest BCUT2D eigenvalue weighted by Crippen LogP contribution is 2.42. The van der Waals surface area contributed by atoms with Crippen LogP contribution in [0.2, 0.25) is 0 Å². The van der Waals surface area contributed by atoms with E-state index in [0.717, 1.165) is 5.56 Å². The normalized spacial score (nSPS) is 14.8. The van der Waals surface area contributed by atoms with Crippen molar-refractivity contribution < 1.29 is 19.0 Å². The molecule has 1 aliphatic carbocycles. The Hall–Kier alpha value is -1.97. The Balaban J connectivity index is 2.70. The van der Waals surface area contributed by atoms with Crippen molar-refractivity contribution >= 4 is 11.4 Å². The molecule has 1 aliphatic rings. The van der Waals surface area contributed by atoms with E-state index >= 15 is 0 Å². The Bertz CT molecular complexity index is 518. The minimum Gasteiger partial charge on any atom is -0.500 e. The van der Waals surface area contributed by atoms with Gasteiger partial charge in [-0.15, -0.1) is 0 Å². The van der Waals surface area contributed by atoms with E-state index in [-0.39, 0.29) is 5.78 Å². The number of Topliss-reactive ketones (excluding diaryl/α,β-unsaturated/α-hetero) is 1. The van der Waals surface area contributed by atoms with Crippen molar-refractivity contribution in [2.45, 2.75) is 19.8 Å². The third-order valence-electron chi connectivity index (χ3n) is 3.28. The first-order valence-electron chi connectivity index (χ1n) is 6.15. The quantitative estimate of drug-likeness (QED) is 0.837. The van der Waals surface area contributed by atoms with Crippen LogP contribution in [0, 0.1) is 6.92 Å². The highest BCUT2D eigenvalue weighted by atomic mass is 16.5. The molecule has 0 aliphatic heterocycles. The molecule has 1 aromatic carbocycles. The van der Waals surface area contributed by atoms with E-state index in [2.05, 4.69) is 0 Å². The molecule has 2 rings (SSSR count). The topological polar surface area (TPSA) is 44.8 Å². The molecule has 0 saturated heterocycles. The molecule has 0 saturated carbocycles. The van der Waals surface area contributed by atoms with E-state index in [1.54, 1.807) is 21.3 Å². The van der Waals surface area contributed by atoms with Gasteiger partial charge < -0.3 is 14.2 Å². The molecule has 4 heteroatoms. The number of benzene rings is 1. The molecule has 0 amide bonds. The fourth-order valence-electron chi connectivity index (χ4n) is 2.40. The van der Waals surface area contributed by atoms with Gasteiger partial charge >= 0.3 is 0 Å². The zero-order valence-electron chi connectivity index (χ0n) is 11.7. The molecule has 1 aromatic rings. The molecule has 0 unspecified atom stereocenters. The molecular weight excluding hydrogens is 244 g/mol. The summed E-state index contributed by atoms with van der Waals surface area (Å²) in [6.07, 6.45) is 1.10. The van der Waals surface area contributed by atoms with Gasteiger partial charge in [-0.3, -0.25) is 4.79 Å². The van der Waals surface area contributed by atoms with Gasteiger partial charge in [0.25, 0.3) is 0 Å². The minimum absolute atomic E-state index is 0.0669. The fraction of sp³-hybridized carbons (Fsp3) is 0.400. The molecule has 19 heavy (non-hydrogen) atoms. The number of methoxy groups -OCH3 is 3. The van der Waals surface area contributed by atoms with Crippen molar-refractivity contribution in [2.24, 2.45) is 0 Å². The number of rotatable bonds is 4. The van der Waals surface area contributed by atoms with Gasteiger partial charge in [-0.05, 0) is 24.6 Å². The number of carbonyl (C=O) groups excluding carboxylic acids is 1. The van der Waals surface area contributed by atoms with Gasteiger partial charge in [0.05, 0.1) is 32.5 Å². The molecule has 102 valence electrons. The van der Waals surface area contributed by atoms with Crippen molar-refractivity contribution in [3.8, 4) is 11.5 Å². The lowest BCUT2D eigenvalue weighted by molar-refractivity contribution is -0.113. The third-order valence-corrected chi connectivity index (χ3v) is 3.28. The summed E-state index contributed by atoms with van der Waals surface area (Å²) in [5.41, 5.74) is 2.29. The predicted molar refractivity (Wildman–Crippen MR) is 72.5 cm³/mol. The zero-order chi connectivity index (χ0) is 14.0. The molecular formula is C15H18O4. The number of allylic oxidation sites excluding steroid dienone is 2. The first-order valence-corrected chi connectivity index (χ1v) is 6.15. The highest BCUT2D eigenvalue weighted by Gasteiger charge is 2.30. The van der Waals surface area contributed by atoms with Crippen LogP contribution < -0.4 is 9.47 Å². The summed E-state index contributed by atoms with van der Waals surface area (Å²) in [4.78, 5) is 12.1. The molecule has 0 aromatic heterocycles. The van der Waals surface area contributed by atoms with Crippen molar-refractivity contribution in [3.05, 3.63) is 29.0 Å². The van der Waals surface area contributed by atoms with Gasteiger partial charge in [-0.1, -0.05) is 0 Å². The summed E-state index contributed by atoms with van der Waals surface area (Å²) in [5.74, 6) is 2.04. The van der Waals surface area contributed by atoms with Gasteiger partial charge in [0.1, 0.15) is 17.3 Å². The lowest BCUT2D eigenvalue weighted by Crippen LogP contribution is -2.03. The van der Waals surface area contributed by atoms with Crippen LogP contribution in [0.3, 0.4) is 0 Å². The van der Waals surface area contributed by atoms with Crippen LogP contribution in [0.4, 0.5) is 0 Å². The molecule has 0 bridgehead atoms. The SMILES string of the molecule is COC1=C(c2c(OC)cc(C)cc2OC)C(=O)CC1. The first-order chi connectivity index (χ1) is 9.12. The maximum atomic E-state index is 12.1. The van der Waals surface area contributed by atoms with Crippen LogP contribution in [-0.4, -0.2) is 27.1 Å². The highest BCUT2D eigenvalue weighted by molar-refractivity contribution is 6.24. The Morgan fingerprint density at radius 2 is 1.53 bits per heavy atom. The molecule has 0 spiro atoms. The third kappa shape index (κ3) is 2.30. The summed E-state index contributed by atoms with van der Waals surface area (Å²) >= 11 is 0. The number of ether oxygens (including phenoxy) is 3. The Kier molecular flexibility index (Phi) is 3.79. The van der Waals surface area contributed by atoms with E-state index in [1.807, 2.05) is 19.1 Å². The zero-order valence-corrected chi connectivity index (χ0v) is 11.7. The summed E-state index contributed by atoms with van der Waals surface area (Å²) in [6.45, 7) is 1.96. The average Bonchev–Trinajstić information content (AvgIpc) is 2.78. The number of ketones is 1. The molecule has 0 atom stereocenters. The van der Waals surface area contributed by atoms with Crippen molar-refractivity contribution in [3.63, 3.8) is 0 Å². The summed E-state index contributed by atoms with van der Waals surface area (Å²) in [7, 11) is 4.76. The molecule has 0 radical (unpaired) electrons. The summed E-state index contributed by atoms with van der Waals surface area (Å²) < 4.78 is 16.1. The Morgan fingerprint density at radius 1 is 0.947 bits per heavy atom.